The number of alkyl carbamates (subject to hydrolysis) is 1. The number of hydrogen-bond acceptors (Lipinski definition) is 5. The van der Waals surface area contributed by atoms with E-state index in [9.17, 15) is 14.4 Å². The number of ether oxygens (including phenoxy) is 2. The summed E-state index contributed by atoms with van der Waals surface area (Å²) in [5.41, 5.74) is 7.43. The van der Waals surface area contributed by atoms with Gasteiger partial charge in [0.1, 0.15) is 5.60 Å². The molecule has 1 rings (SSSR count). The van der Waals surface area contributed by atoms with Crippen molar-refractivity contribution in [3.8, 4) is 0 Å². The Morgan fingerprint density at radius 3 is 2.32 bits per heavy atom. The highest BCUT2D eigenvalue weighted by molar-refractivity contribution is 6.62. The van der Waals surface area contributed by atoms with Crippen LogP contribution < -0.4 is 5.32 Å². The molecule has 1 fully saturated rings. The van der Waals surface area contributed by atoms with Crippen LogP contribution in [0.4, 0.5) is 4.79 Å². The number of nitrogens with one attached hydrogen (secondary N) is 1. The van der Waals surface area contributed by atoms with Crippen LogP contribution in [0.2, 0.25) is 0 Å². The molecule has 1 amide bonds. The molecule has 1 aliphatic carbocycles. The van der Waals surface area contributed by atoms with Gasteiger partial charge in [-0.3, -0.25) is 4.79 Å². The van der Waals surface area contributed by atoms with Gasteiger partial charge >= 0.3 is 17.8 Å². The van der Waals surface area contributed by atoms with Crippen LogP contribution in [0.5, 0.6) is 0 Å². The lowest BCUT2D eigenvalue weighted by Crippen LogP contribution is -2.43. The molecule has 0 aromatic rings. The fraction of sp³-hybridized carbons (Fsp3) is 0.714. The number of nitrogens with zero attached hydrogens (tertiary/aromatic N) is 2. The molecule has 1 saturated carbocycles. The summed E-state index contributed by atoms with van der Waals surface area (Å²) in [6, 6.07) is -0.469. The lowest BCUT2D eigenvalue weighted by Gasteiger charge is -2.23. The van der Waals surface area contributed by atoms with Crippen molar-refractivity contribution in [1.29, 1.82) is 0 Å². The second-order valence-electron chi connectivity index (χ2n) is 6.16. The number of esters is 1. The normalized spacial score (nSPS) is 15.3. The SMILES string of the molecule is COC(=O)C(=[N+]=[N-])C(=O)CC(NC(=O)OC(C)(C)C)C1CC1. The fourth-order valence-corrected chi connectivity index (χ4v) is 1.90. The van der Waals surface area contributed by atoms with E-state index in [0.717, 1.165) is 20.0 Å². The molecule has 1 unspecified atom stereocenters. The van der Waals surface area contributed by atoms with Crippen LogP contribution in [0, 0.1) is 5.92 Å². The Kier molecular flexibility index (Phi) is 5.82. The molecular weight excluding hydrogens is 290 g/mol. The van der Waals surface area contributed by atoms with E-state index in [2.05, 4.69) is 14.8 Å². The number of methoxy groups -OCH3 is 1. The Labute approximate surface area is 128 Å². The van der Waals surface area contributed by atoms with Gasteiger partial charge in [0, 0.05) is 12.5 Å². The van der Waals surface area contributed by atoms with Gasteiger partial charge in [-0.15, -0.1) is 0 Å². The standard InChI is InChI=1S/C14H21N3O5/c1-14(2,3)22-13(20)16-9(8-5-6-8)7-10(18)11(17-15)12(19)21-4/h8-9H,5-7H2,1-4H3,(H,16,20). The van der Waals surface area contributed by atoms with Crippen molar-refractivity contribution >= 4 is 23.6 Å². The van der Waals surface area contributed by atoms with Crippen molar-refractivity contribution in [3.05, 3.63) is 5.53 Å². The largest absolute Gasteiger partial charge is 0.460 e. The fourth-order valence-electron chi connectivity index (χ4n) is 1.90. The molecule has 0 bridgehead atoms. The third kappa shape index (κ3) is 5.65. The summed E-state index contributed by atoms with van der Waals surface area (Å²) in [7, 11) is 1.08. The zero-order valence-electron chi connectivity index (χ0n) is 13.2. The molecule has 1 aliphatic rings. The highest BCUT2D eigenvalue weighted by Crippen LogP contribution is 2.34. The van der Waals surface area contributed by atoms with Crippen molar-refractivity contribution in [3.63, 3.8) is 0 Å². The van der Waals surface area contributed by atoms with E-state index in [0.29, 0.717) is 0 Å². The molecule has 0 spiro atoms. The summed E-state index contributed by atoms with van der Waals surface area (Å²) in [6.45, 7) is 5.20. The number of hydrogen-bond donors (Lipinski definition) is 1. The third-order valence-corrected chi connectivity index (χ3v) is 3.04. The number of amides is 1. The summed E-state index contributed by atoms with van der Waals surface area (Å²) in [6.07, 6.45) is 0.964. The van der Waals surface area contributed by atoms with Crippen LogP contribution in [-0.4, -0.2) is 47.1 Å². The predicted octanol–water partition coefficient (Wildman–Crippen LogP) is 1.09. The second-order valence-corrected chi connectivity index (χ2v) is 6.16. The summed E-state index contributed by atoms with van der Waals surface area (Å²) in [4.78, 5) is 37.8. The first-order chi connectivity index (χ1) is 10.2. The monoisotopic (exact) mass is 311 g/mol. The lowest BCUT2D eigenvalue weighted by atomic mass is 10.0. The van der Waals surface area contributed by atoms with Crippen molar-refractivity contribution in [2.45, 2.75) is 51.7 Å². The summed E-state index contributed by atoms with van der Waals surface area (Å²) in [5.74, 6) is -1.56. The van der Waals surface area contributed by atoms with Gasteiger partial charge in [-0.2, -0.15) is 4.79 Å². The van der Waals surface area contributed by atoms with E-state index in [1.165, 1.54) is 0 Å². The Morgan fingerprint density at radius 1 is 1.32 bits per heavy atom. The molecule has 22 heavy (non-hydrogen) atoms. The number of Topliss-reactive ketones (excluding diaryl/α,β-unsaturated/α-hetero) is 1. The number of carbonyl (C=O) groups is 3. The zero-order valence-corrected chi connectivity index (χ0v) is 13.2. The summed E-state index contributed by atoms with van der Waals surface area (Å²) in [5, 5.41) is 2.63. The third-order valence-electron chi connectivity index (χ3n) is 3.04. The van der Waals surface area contributed by atoms with Crippen LogP contribution in [0.1, 0.15) is 40.0 Å². The molecule has 0 saturated heterocycles. The average Bonchev–Trinajstić information content (AvgIpc) is 3.20. The molecule has 0 aromatic carbocycles. The Bertz CT molecular complexity index is 513. The van der Waals surface area contributed by atoms with Gasteiger partial charge in [-0.05, 0) is 39.5 Å². The van der Waals surface area contributed by atoms with Gasteiger partial charge in [0.25, 0.3) is 5.78 Å². The molecule has 122 valence electrons. The molecule has 0 aromatic heterocycles. The summed E-state index contributed by atoms with van der Waals surface area (Å²) < 4.78 is 9.52. The maximum absolute atomic E-state index is 12.0. The van der Waals surface area contributed by atoms with Gasteiger partial charge < -0.3 is 20.3 Å². The van der Waals surface area contributed by atoms with Crippen LogP contribution >= 0.6 is 0 Å². The van der Waals surface area contributed by atoms with Gasteiger partial charge in [0.2, 0.25) is 0 Å². The average molecular weight is 311 g/mol. The smallest absolute Gasteiger partial charge is 0.441 e. The molecule has 1 N–H and O–H groups in total. The number of ketones is 1. The van der Waals surface area contributed by atoms with Gasteiger partial charge in [0.05, 0.1) is 7.11 Å². The zero-order chi connectivity index (χ0) is 16.9. The number of carbonyl (C=O) groups excluding carboxylic acids is 3. The highest BCUT2D eigenvalue weighted by atomic mass is 16.6. The summed E-state index contributed by atoms with van der Waals surface area (Å²) >= 11 is 0. The van der Waals surface area contributed by atoms with Crippen LogP contribution in [0.15, 0.2) is 0 Å². The molecular formula is C14H21N3O5. The molecule has 1 atom stereocenters. The van der Waals surface area contributed by atoms with Gasteiger partial charge in [-0.25, -0.2) is 9.59 Å². The Hall–Kier alpha value is -2.21. The highest BCUT2D eigenvalue weighted by Gasteiger charge is 2.39. The topological polar surface area (TPSA) is 118 Å². The minimum absolute atomic E-state index is 0.147. The molecule has 8 nitrogen and oxygen atoms in total. The molecule has 0 heterocycles. The van der Waals surface area contributed by atoms with Gasteiger partial charge in [0.15, 0.2) is 0 Å². The van der Waals surface area contributed by atoms with Crippen molar-refractivity contribution in [2.75, 3.05) is 7.11 Å². The first-order valence-corrected chi connectivity index (χ1v) is 7.01. The predicted molar refractivity (Wildman–Crippen MR) is 76.1 cm³/mol. The quantitative estimate of drug-likeness (QED) is 0.259. The van der Waals surface area contributed by atoms with Gasteiger partial charge in [-0.1, -0.05) is 0 Å². The minimum atomic E-state index is -1.01. The first-order valence-electron chi connectivity index (χ1n) is 7.01. The maximum atomic E-state index is 12.0. The molecule has 0 aliphatic heterocycles. The van der Waals surface area contributed by atoms with Crippen molar-refractivity contribution < 1.29 is 28.6 Å². The maximum Gasteiger partial charge on any atom is 0.441 e. The Morgan fingerprint density at radius 2 is 1.91 bits per heavy atom. The van der Waals surface area contributed by atoms with Crippen LogP contribution in [0.3, 0.4) is 0 Å². The van der Waals surface area contributed by atoms with E-state index in [1.807, 2.05) is 0 Å². The van der Waals surface area contributed by atoms with E-state index >= 15 is 0 Å². The van der Waals surface area contributed by atoms with E-state index in [4.69, 9.17) is 10.3 Å². The molecule has 0 radical (unpaired) electrons. The van der Waals surface area contributed by atoms with E-state index < -0.39 is 35.2 Å². The minimum Gasteiger partial charge on any atom is -0.460 e. The lowest BCUT2D eigenvalue weighted by molar-refractivity contribution is -0.139. The second kappa shape index (κ2) is 7.17. The number of rotatable bonds is 6. The van der Waals surface area contributed by atoms with Crippen LogP contribution in [-0.2, 0) is 19.1 Å². The Balaban J connectivity index is 2.69. The van der Waals surface area contributed by atoms with Crippen molar-refractivity contribution in [2.24, 2.45) is 5.92 Å². The van der Waals surface area contributed by atoms with Crippen molar-refractivity contribution in [1.82, 2.24) is 5.32 Å². The first kappa shape index (κ1) is 17.8. The van der Waals surface area contributed by atoms with E-state index in [1.54, 1.807) is 20.8 Å². The van der Waals surface area contributed by atoms with Crippen LogP contribution in [0.25, 0.3) is 5.53 Å². The van der Waals surface area contributed by atoms with E-state index in [-0.39, 0.29) is 12.3 Å². The molecule has 8 heteroatoms.